The number of esters is 1. The zero-order chi connectivity index (χ0) is 20.1. The molecule has 1 aromatic heterocycles. The monoisotopic (exact) mass is 389 g/mol. The normalized spacial score (nSPS) is 12.8. The zero-order valence-corrected chi connectivity index (χ0v) is 16.1. The van der Waals surface area contributed by atoms with Gasteiger partial charge in [0.2, 0.25) is 0 Å². The van der Waals surface area contributed by atoms with Crippen molar-refractivity contribution in [3.63, 3.8) is 0 Å². The molecular weight excluding hydrogens is 366 g/mol. The highest BCUT2D eigenvalue weighted by Crippen LogP contribution is 2.23. The predicted octanol–water partition coefficient (Wildman–Crippen LogP) is 4.81. The third-order valence-electron chi connectivity index (χ3n) is 5.18. The summed E-state index contributed by atoms with van der Waals surface area (Å²) in [6.07, 6.45) is 6.03. The number of anilines is 1. The van der Waals surface area contributed by atoms with Crippen molar-refractivity contribution in [1.29, 1.82) is 0 Å². The summed E-state index contributed by atoms with van der Waals surface area (Å²) in [5.41, 5.74) is 4.18. The molecule has 29 heavy (non-hydrogen) atoms. The van der Waals surface area contributed by atoms with E-state index >= 15 is 0 Å². The molecule has 1 heterocycles. The molecule has 5 heteroatoms. The van der Waals surface area contributed by atoms with Gasteiger partial charge < -0.3 is 14.5 Å². The molecule has 4 rings (SSSR count). The standard InChI is InChI=1S/C24H23NO4/c26-23(19-12-11-17-6-1-2-7-18(17)14-19)16-29-24(27)21-9-3-4-10-22(21)25-15-20-8-5-13-28-20/h3-5,8-14,25H,1-2,6-7,15-16H2. The molecule has 0 atom stereocenters. The summed E-state index contributed by atoms with van der Waals surface area (Å²) in [7, 11) is 0. The molecule has 0 amide bonds. The quantitative estimate of drug-likeness (QED) is 0.464. The topological polar surface area (TPSA) is 68.5 Å². The number of ketones is 1. The minimum Gasteiger partial charge on any atom is -0.467 e. The number of carbonyl (C=O) groups is 2. The molecule has 3 aromatic rings. The van der Waals surface area contributed by atoms with E-state index in [4.69, 9.17) is 9.15 Å². The van der Waals surface area contributed by atoms with Gasteiger partial charge in [0, 0.05) is 11.3 Å². The average Bonchev–Trinajstić information content (AvgIpc) is 3.29. The van der Waals surface area contributed by atoms with Crippen LogP contribution in [-0.2, 0) is 24.1 Å². The third kappa shape index (κ3) is 4.57. The van der Waals surface area contributed by atoms with Gasteiger partial charge in [0.1, 0.15) is 5.76 Å². The van der Waals surface area contributed by atoms with Crippen molar-refractivity contribution in [1.82, 2.24) is 0 Å². The molecule has 0 radical (unpaired) electrons. The minimum atomic E-state index is -0.529. The number of ether oxygens (including phenoxy) is 1. The smallest absolute Gasteiger partial charge is 0.340 e. The lowest BCUT2D eigenvalue weighted by molar-refractivity contribution is 0.0475. The number of nitrogens with one attached hydrogen (secondary N) is 1. The Morgan fingerprint density at radius 1 is 0.966 bits per heavy atom. The summed E-state index contributed by atoms with van der Waals surface area (Å²) < 4.78 is 10.6. The molecule has 0 unspecified atom stereocenters. The first-order chi connectivity index (χ1) is 14.2. The predicted molar refractivity (Wildman–Crippen MR) is 110 cm³/mol. The van der Waals surface area contributed by atoms with Crippen LogP contribution in [0.4, 0.5) is 5.69 Å². The zero-order valence-electron chi connectivity index (χ0n) is 16.1. The van der Waals surface area contributed by atoms with Gasteiger partial charge in [-0.25, -0.2) is 4.79 Å². The van der Waals surface area contributed by atoms with Crippen LogP contribution >= 0.6 is 0 Å². The van der Waals surface area contributed by atoms with Gasteiger partial charge in [-0.05, 0) is 67.1 Å². The second-order valence-corrected chi connectivity index (χ2v) is 7.17. The molecule has 5 nitrogen and oxygen atoms in total. The summed E-state index contributed by atoms with van der Waals surface area (Å²) in [5.74, 6) is 0.0439. The highest BCUT2D eigenvalue weighted by atomic mass is 16.5. The van der Waals surface area contributed by atoms with Crippen molar-refractivity contribution in [2.24, 2.45) is 0 Å². The van der Waals surface area contributed by atoms with E-state index < -0.39 is 5.97 Å². The Kier molecular flexibility index (Phi) is 5.75. The van der Waals surface area contributed by atoms with Crippen LogP contribution < -0.4 is 5.32 Å². The van der Waals surface area contributed by atoms with Crippen LogP contribution in [0, 0.1) is 0 Å². The Morgan fingerprint density at radius 3 is 2.62 bits per heavy atom. The first kappa shape index (κ1) is 19.0. The molecule has 0 saturated carbocycles. The summed E-state index contributed by atoms with van der Waals surface area (Å²) in [4.78, 5) is 25.1. The molecule has 2 aromatic carbocycles. The van der Waals surface area contributed by atoms with Gasteiger partial charge in [0.15, 0.2) is 12.4 Å². The third-order valence-corrected chi connectivity index (χ3v) is 5.18. The highest BCUT2D eigenvalue weighted by molar-refractivity contribution is 6.01. The molecular formula is C24H23NO4. The lowest BCUT2D eigenvalue weighted by atomic mass is 9.90. The number of hydrogen-bond donors (Lipinski definition) is 1. The van der Waals surface area contributed by atoms with Crippen LogP contribution in [0.5, 0.6) is 0 Å². The van der Waals surface area contributed by atoms with Gasteiger partial charge in [-0.2, -0.15) is 0 Å². The molecule has 0 saturated heterocycles. The Balaban J connectivity index is 1.39. The fourth-order valence-electron chi connectivity index (χ4n) is 3.61. The Bertz CT molecular complexity index is 1010. The number of benzene rings is 2. The van der Waals surface area contributed by atoms with Crippen LogP contribution in [0.1, 0.15) is 50.4 Å². The minimum absolute atomic E-state index is 0.187. The number of Topliss-reactive ketones (excluding diaryl/α,β-unsaturated/α-hetero) is 1. The van der Waals surface area contributed by atoms with E-state index in [0.29, 0.717) is 23.4 Å². The number of furan rings is 1. The van der Waals surface area contributed by atoms with Crippen LogP contribution in [0.15, 0.2) is 65.3 Å². The van der Waals surface area contributed by atoms with Gasteiger partial charge in [-0.3, -0.25) is 4.79 Å². The van der Waals surface area contributed by atoms with Crippen LogP contribution in [0.3, 0.4) is 0 Å². The molecule has 148 valence electrons. The van der Waals surface area contributed by atoms with Crippen LogP contribution in [-0.4, -0.2) is 18.4 Å². The molecule has 0 aliphatic heterocycles. The number of hydrogen-bond acceptors (Lipinski definition) is 5. The van der Waals surface area contributed by atoms with Crippen molar-refractivity contribution in [2.75, 3.05) is 11.9 Å². The summed E-state index contributed by atoms with van der Waals surface area (Å²) in [5, 5.41) is 3.17. The van der Waals surface area contributed by atoms with E-state index in [9.17, 15) is 9.59 Å². The summed E-state index contributed by atoms with van der Waals surface area (Å²) >= 11 is 0. The van der Waals surface area contributed by atoms with Gasteiger partial charge in [-0.1, -0.05) is 24.3 Å². The largest absolute Gasteiger partial charge is 0.467 e. The average molecular weight is 389 g/mol. The fourth-order valence-corrected chi connectivity index (χ4v) is 3.61. The van der Waals surface area contributed by atoms with Crippen LogP contribution in [0.25, 0.3) is 0 Å². The maximum absolute atomic E-state index is 12.6. The van der Waals surface area contributed by atoms with E-state index in [-0.39, 0.29) is 12.4 Å². The lowest BCUT2D eigenvalue weighted by Crippen LogP contribution is -2.16. The van der Waals surface area contributed by atoms with Crippen LogP contribution in [0.2, 0.25) is 0 Å². The molecule has 1 aliphatic rings. The van der Waals surface area contributed by atoms with Crippen molar-refractivity contribution in [2.45, 2.75) is 32.2 Å². The van der Waals surface area contributed by atoms with Crippen molar-refractivity contribution in [3.05, 3.63) is 88.9 Å². The van der Waals surface area contributed by atoms with E-state index in [0.717, 1.165) is 25.0 Å². The van der Waals surface area contributed by atoms with Crippen molar-refractivity contribution in [3.8, 4) is 0 Å². The highest BCUT2D eigenvalue weighted by Gasteiger charge is 2.17. The van der Waals surface area contributed by atoms with Crippen molar-refractivity contribution >= 4 is 17.4 Å². The van der Waals surface area contributed by atoms with E-state index in [2.05, 4.69) is 5.32 Å². The maximum Gasteiger partial charge on any atom is 0.340 e. The Morgan fingerprint density at radius 2 is 1.79 bits per heavy atom. The molecule has 0 spiro atoms. The van der Waals surface area contributed by atoms with E-state index in [1.165, 1.54) is 17.5 Å². The molecule has 1 N–H and O–H groups in total. The van der Waals surface area contributed by atoms with E-state index in [1.54, 1.807) is 24.5 Å². The summed E-state index contributed by atoms with van der Waals surface area (Å²) in [6, 6.07) is 16.5. The van der Waals surface area contributed by atoms with Gasteiger partial charge in [0.05, 0.1) is 18.4 Å². The second-order valence-electron chi connectivity index (χ2n) is 7.17. The Labute approximate surface area is 169 Å². The fraction of sp³-hybridized carbons (Fsp3) is 0.250. The lowest BCUT2D eigenvalue weighted by Gasteiger charge is -2.16. The SMILES string of the molecule is O=C(COC(=O)c1ccccc1NCc1ccco1)c1ccc2c(c1)CCCC2. The maximum atomic E-state index is 12.6. The first-order valence-electron chi connectivity index (χ1n) is 9.88. The van der Waals surface area contributed by atoms with Gasteiger partial charge >= 0.3 is 5.97 Å². The summed E-state index contributed by atoms with van der Waals surface area (Å²) in [6.45, 7) is 0.176. The second kappa shape index (κ2) is 8.78. The van der Waals surface area contributed by atoms with E-state index in [1.807, 2.05) is 36.4 Å². The first-order valence-corrected chi connectivity index (χ1v) is 9.88. The number of carbonyl (C=O) groups excluding carboxylic acids is 2. The Hall–Kier alpha value is -3.34. The number of para-hydroxylation sites is 1. The number of aryl methyl sites for hydroxylation is 2. The number of fused-ring (bicyclic) bond motifs is 1. The molecule has 0 fully saturated rings. The van der Waals surface area contributed by atoms with Gasteiger partial charge in [-0.15, -0.1) is 0 Å². The molecule has 1 aliphatic carbocycles. The molecule has 0 bridgehead atoms. The van der Waals surface area contributed by atoms with Gasteiger partial charge in [0.25, 0.3) is 0 Å². The number of rotatable bonds is 7. The van der Waals surface area contributed by atoms with Crippen molar-refractivity contribution < 1.29 is 18.7 Å².